The molecule has 2 rings (SSSR count). The fraction of sp³-hybridized carbons (Fsp3) is 0.235. The molecule has 0 aliphatic rings. The Morgan fingerprint density at radius 2 is 2.00 bits per heavy atom. The number of anilines is 1. The zero-order chi connectivity index (χ0) is 15.9. The number of rotatable bonds is 6. The van der Waals surface area contributed by atoms with Crippen LogP contribution >= 0.6 is 23.4 Å². The van der Waals surface area contributed by atoms with Crippen molar-refractivity contribution < 1.29 is 9.53 Å². The number of amides is 1. The van der Waals surface area contributed by atoms with Crippen molar-refractivity contribution in [2.45, 2.75) is 23.5 Å². The average Bonchev–Trinajstić information content (AvgIpc) is 2.54. The average molecular weight is 336 g/mol. The number of halogens is 1. The Hall–Kier alpha value is -1.65. The Bertz CT molecular complexity index is 631. The molecule has 1 N–H and O–H groups in total. The smallest absolute Gasteiger partial charge is 0.237 e. The van der Waals surface area contributed by atoms with E-state index in [1.165, 1.54) is 11.8 Å². The fourth-order valence-corrected chi connectivity index (χ4v) is 3.00. The summed E-state index contributed by atoms with van der Waals surface area (Å²) in [5, 5.41) is 3.47. The van der Waals surface area contributed by atoms with E-state index in [2.05, 4.69) is 5.32 Å². The summed E-state index contributed by atoms with van der Waals surface area (Å²) in [6.07, 6.45) is 0.739. The zero-order valence-corrected chi connectivity index (χ0v) is 14.1. The van der Waals surface area contributed by atoms with E-state index in [1.807, 2.05) is 49.4 Å². The van der Waals surface area contributed by atoms with E-state index in [0.29, 0.717) is 5.02 Å². The molecule has 116 valence electrons. The lowest BCUT2D eigenvalue weighted by Gasteiger charge is -2.15. The van der Waals surface area contributed by atoms with E-state index in [9.17, 15) is 4.79 Å². The fourth-order valence-electron chi connectivity index (χ4n) is 1.92. The van der Waals surface area contributed by atoms with Crippen LogP contribution in [0.25, 0.3) is 0 Å². The predicted molar refractivity (Wildman–Crippen MR) is 93.0 cm³/mol. The standard InChI is InChI=1S/C17H18ClNO2S/c1-3-16(22-15-9-7-12(18)8-10-15)17(20)19-13-5-4-6-14(11-13)21-2/h4-11,16H,3H2,1-2H3,(H,19,20)/t16-/m1/s1. The van der Waals surface area contributed by atoms with Crippen molar-refractivity contribution in [3.05, 3.63) is 53.6 Å². The third-order valence-corrected chi connectivity index (χ3v) is 4.72. The minimum Gasteiger partial charge on any atom is -0.497 e. The number of ether oxygens (including phenoxy) is 1. The van der Waals surface area contributed by atoms with E-state index >= 15 is 0 Å². The number of methoxy groups -OCH3 is 1. The largest absolute Gasteiger partial charge is 0.497 e. The Balaban J connectivity index is 2.03. The minimum atomic E-state index is -0.160. The molecule has 0 aliphatic heterocycles. The van der Waals surface area contributed by atoms with Gasteiger partial charge in [-0.1, -0.05) is 24.6 Å². The molecule has 0 heterocycles. The lowest BCUT2D eigenvalue weighted by molar-refractivity contribution is -0.115. The van der Waals surface area contributed by atoms with Gasteiger partial charge in [-0.05, 0) is 42.8 Å². The maximum atomic E-state index is 12.4. The van der Waals surface area contributed by atoms with Gasteiger partial charge in [0, 0.05) is 21.7 Å². The first-order valence-corrected chi connectivity index (χ1v) is 8.25. The summed E-state index contributed by atoms with van der Waals surface area (Å²) in [6, 6.07) is 14.9. The van der Waals surface area contributed by atoms with E-state index in [1.54, 1.807) is 13.2 Å². The van der Waals surface area contributed by atoms with Crippen LogP contribution in [-0.2, 0) is 4.79 Å². The Morgan fingerprint density at radius 1 is 1.27 bits per heavy atom. The lowest BCUT2D eigenvalue weighted by Crippen LogP contribution is -2.24. The number of hydrogen-bond acceptors (Lipinski definition) is 3. The molecular formula is C17H18ClNO2S. The molecule has 0 aliphatic carbocycles. The van der Waals surface area contributed by atoms with Gasteiger partial charge in [0.2, 0.25) is 5.91 Å². The number of hydrogen-bond donors (Lipinski definition) is 1. The number of carbonyl (C=O) groups excluding carboxylic acids is 1. The molecule has 0 fully saturated rings. The van der Waals surface area contributed by atoms with Crippen LogP contribution in [0.5, 0.6) is 5.75 Å². The first-order valence-electron chi connectivity index (χ1n) is 6.99. The van der Waals surface area contributed by atoms with Crippen molar-refractivity contribution in [2.75, 3.05) is 12.4 Å². The first-order chi connectivity index (χ1) is 10.6. The van der Waals surface area contributed by atoms with Crippen LogP contribution in [0.3, 0.4) is 0 Å². The van der Waals surface area contributed by atoms with Crippen LogP contribution in [0.15, 0.2) is 53.4 Å². The van der Waals surface area contributed by atoms with Crippen molar-refractivity contribution >= 4 is 35.0 Å². The van der Waals surface area contributed by atoms with Crippen molar-refractivity contribution in [1.82, 2.24) is 0 Å². The van der Waals surface area contributed by atoms with Gasteiger partial charge in [0.1, 0.15) is 5.75 Å². The van der Waals surface area contributed by atoms with Gasteiger partial charge in [-0.2, -0.15) is 0 Å². The number of benzene rings is 2. The molecule has 2 aromatic rings. The van der Waals surface area contributed by atoms with Gasteiger partial charge in [-0.3, -0.25) is 4.79 Å². The highest BCUT2D eigenvalue weighted by atomic mass is 35.5. The van der Waals surface area contributed by atoms with Crippen LogP contribution in [-0.4, -0.2) is 18.3 Å². The summed E-state index contributed by atoms with van der Waals surface area (Å²) in [7, 11) is 1.60. The molecule has 22 heavy (non-hydrogen) atoms. The maximum absolute atomic E-state index is 12.4. The minimum absolute atomic E-state index is 0.0179. The first kappa shape index (κ1) is 16.7. The van der Waals surface area contributed by atoms with Crippen LogP contribution in [0, 0.1) is 0 Å². The highest BCUT2D eigenvalue weighted by Gasteiger charge is 2.18. The molecule has 3 nitrogen and oxygen atoms in total. The lowest BCUT2D eigenvalue weighted by atomic mass is 10.2. The quantitative estimate of drug-likeness (QED) is 0.766. The summed E-state index contributed by atoms with van der Waals surface area (Å²) < 4.78 is 5.16. The normalized spacial score (nSPS) is 11.8. The third-order valence-electron chi connectivity index (χ3n) is 3.09. The number of nitrogens with one attached hydrogen (secondary N) is 1. The topological polar surface area (TPSA) is 38.3 Å². The van der Waals surface area contributed by atoms with Gasteiger partial charge in [0.25, 0.3) is 0 Å². The second kappa shape index (κ2) is 8.11. The molecule has 1 atom stereocenters. The SMILES string of the molecule is CC[C@@H](Sc1ccc(Cl)cc1)C(=O)Nc1cccc(OC)c1. The Kier molecular flexibility index (Phi) is 6.16. The molecule has 0 saturated carbocycles. The van der Waals surface area contributed by atoms with Gasteiger partial charge < -0.3 is 10.1 Å². The van der Waals surface area contributed by atoms with Gasteiger partial charge >= 0.3 is 0 Å². The van der Waals surface area contributed by atoms with E-state index < -0.39 is 0 Å². The third kappa shape index (κ3) is 4.68. The summed E-state index contributed by atoms with van der Waals surface area (Å²) in [4.78, 5) is 13.4. The van der Waals surface area contributed by atoms with Crippen LogP contribution in [0.2, 0.25) is 5.02 Å². The summed E-state index contributed by atoms with van der Waals surface area (Å²) in [5.41, 5.74) is 0.736. The molecule has 0 unspecified atom stereocenters. The number of carbonyl (C=O) groups is 1. The molecule has 2 aromatic carbocycles. The molecule has 0 saturated heterocycles. The predicted octanol–water partition coefficient (Wildman–Crippen LogP) is 4.86. The monoisotopic (exact) mass is 335 g/mol. The molecule has 1 amide bonds. The van der Waals surface area contributed by atoms with Gasteiger partial charge in [-0.25, -0.2) is 0 Å². The Labute approximate surface area is 140 Å². The number of thioether (sulfide) groups is 1. The van der Waals surface area contributed by atoms with E-state index in [4.69, 9.17) is 16.3 Å². The maximum Gasteiger partial charge on any atom is 0.237 e. The molecule has 0 aromatic heterocycles. The van der Waals surface area contributed by atoms with E-state index in [-0.39, 0.29) is 11.2 Å². The van der Waals surface area contributed by atoms with Crippen molar-refractivity contribution in [2.24, 2.45) is 0 Å². The second-order valence-corrected chi connectivity index (χ2v) is 6.40. The Morgan fingerprint density at radius 3 is 2.64 bits per heavy atom. The van der Waals surface area contributed by atoms with Crippen molar-refractivity contribution in [3.8, 4) is 5.75 Å². The zero-order valence-electron chi connectivity index (χ0n) is 12.5. The summed E-state index contributed by atoms with van der Waals surface area (Å²) >= 11 is 7.41. The van der Waals surface area contributed by atoms with Crippen LogP contribution in [0.1, 0.15) is 13.3 Å². The second-order valence-electron chi connectivity index (χ2n) is 4.69. The van der Waals surface area contributed by atoms with Crippen molar-refractivity contribution in [1.29, 1.82) is 0 Å². The molecule has 0 bridgehead atoms. The van der Waals surface area contributed by atoms with E-state index in [0.717, 1.165) is 22.8 Å². The van der Waals surface area contributed by atoms with Gasteiger partial charge in [0.05, 0.1) is 12.4 Å². The molecule has 0 radical (unpaired) electrons. The summed E-state index contributed by atoms with van der Waals surface area (Å²) in [6.45, 7) is 2.00. The molecule has 5 heteroatoms. The molecular weight excluding hydrogens is 318 g/mol. The van der Waals surface area contributed by atoms with Gasteiger partial charge in [-0.15, -0.1) is 11.8 Å². The highest BCUT2D eigenvalue weighted by Crippen LogP contribution is 2.28. The van der Waals surface area contributed by atoms with Crippen LogP contribution < -0.4 is 10.1 Å². The van der Waals surface area contributed by atoms with Crippen LogP contribution in [0.4, 0.5) is 5.69 Å². The molecule has 0 spiro atoms. The highest BCUT2D eigenvalue weighted by molar-refractivity contribution is 8.00. The van der Waals surface area contributed by atoms with Crippen molar-refractivity contribution in [3.63, 3.8) is 0 Å². The van der Waals surface area contributed by atoms with Gasteiger partial charge in [0.15, 0.2) is 0 Å². The summed E-state index contributed by atoms with van der Waals surface area (Å²) in [5.74, 6) is 0.701.